The van der Waals surface area contributed by atoms with Gasteiger partial charge in [0, 0.05) is 22.9 Å². The van der Waals surface area contributed by atoms with Gasteiger partial charge < -0.3 is 10.6 Å². The summed E-state index contributed by atoms with van der Waals surface area (Å²) >= 11 is 5.93. The molecule has 7 nitrogen and oxygen atoms in total. The van der Waals surface area contributed by atoms with Crippen molar-refractivity contribution in [3.63, 3.8) is 0 Å². The maximum Gasteiger partial charge on any atom is 0.255 e. The van der Waals surface area contributed by atoms with Crippen LogP contribution in [0.15, 0.2) is 47.4 Å². The van der Waals surface area contributed by atoms with E-state index in [9.17, 15) is 18.0 Å². The Morgan fingerprint density at radius 2 is 1.74 bits per heavy atom. The zero-order chi connectivity index (χ0) is 19.6. The summed E-state index contributed by atoms with van der Waals surface area (Å²) in [6.45, 7) is 0. The first-order valence-electron chi connectivity index (χ1n) is 8.25. The van der Waals surface area contributed by atoms with Gasteiger partial charge in [-0.05, 0) is 56.3 Å². The molecule has 0 aliphatic heterocycles. The molecule has 9 heteroatoms. The molecule has 3 N–H and O–H groups in total. The zero-order valence-electron chi connectivity index (χ0n) is 14.5. The van der Waals surface area contributed by atoms with E-state index in [4.69, 9.17) is 11.6 Å². The number of sulfonamides is 1. The highest BCUT2D eigenvalue weighted by molar-refractivity contribution is 7.89. The third kappa shape index (κ3) is 4.65. The fourth-order valence-corrected chi connectivity index (χ4v) is 3.65. The average molecular weight is 408 g/mol. The minimum Gasteiger partial charge on any atom is -0.349 e. The van der Waals surface area contributed by atoms with Crippen LogP contribution in [0, 0.1) is 0 Å². The Bertz CT molecular complexity index is 1000. The van der Waals surface area contributed by atoms with Gasteiger partial charge in [-0.1, -0.05) is 17.7 Å². The molecular formula is C18H18ClN3O4S. The fourth-order valence-electron chi connectivity index (χ4n) is 2.40. The Kier molecular flexibility index (Phi) is 5.50. The molecule has 2 aromatic rings. The van der Waals surface area contributed by atoms with E-state index in [1.165, 1.54) is 25.2 Å². The van der Waals surface area contributed by atoms with Crippen molar-refractivity contribution in [2.24, 2.45) is 0 Å². The van der Waals surface area contributed by atoms with Crippen LogP contribution in [-0.4, -0.2) is 33.3 Å². The van der Waals surface area contributed by atoms with E-state index in [1.807, 2.05) is 0 Å². The predicted octanol–water partition coefficient (Wildman–Crippen LogP) is 2.39. The summed E-state index contributed by atoms with van der Waals surface area (Å²) in [5.41, 5.74) is 0.992. The van der Waals surface area contributed by atoms with Gasteiger partial charge >= 0.3 is 0 Å². The van der Waals surface area contributed by atoms with Crippen molar-refractivity contribution >= 4 is 39.1 Å². The van der Waals surface area contributed by atoms with E-state index < -0.39 is 15.9 Å². The Morgan fingerprint density at radius 1 is 1.04 bits per heavy atom. The first-order valence-corrected chi connectivity index (χ1v) is 10.1. The Labute approximate surface area is 162 Å². The van der Waals surface area contributed by atoms with Gasteiger partial charge in [-0.3, -0.25) is 9.59 Å². The van der Waals surface area contributed by atoms with Gasteiger partial charge in [-0.25, -0.2) is 13.1 Å². The number of rotatable bonds is 6. The van der Waals surface area contributed by atoms with E-state index in [0.717, 1.165) is 12.8 Å². The van der Waals surface area contributed by atoms with Crippen LogP contribution in [0.4, 0.5) is 5.69 Å². The van der Waals surface area contributed by atoms with E-state index in [2.05, 4.69) is 15.4 Å². The summed E-state index contributed by atoms with van der Waals surface area (Å²) in [5, 5.41) is 5.55. The van der Waals surface area contributed by atoms with E-state index in [0.29, 0.717) is 11.3 Å². The van der Waals surface area contributed by atoms with Gasteiger partial charge in [0.2, 0.25) is 10.0 Å². The molecule has 2 amide bonds. The van der Waals surface area contributed by atoms with Crippen LogP contribution < -0.4 is 15.4 Å². The largest absolute Gasteiger partial charge is 0.349 e. The molecule has 1 saturated carbocycles. The summed E-state index contributed by atoms with van der Waals surface area (Å²) in [4.78, 5) is 24.4. The third-order valence-electron chi connectivity index (χ3n) is 4.05. The van der Waals surface area contributed by atoms with Crippen LogP contribution in [-0.2, 0) is 10.0 Å². The average Bonchev–Trinajstić information content (AvgIpc) is 3.46. The van der Waals surface area contributed by atoms with Crippen molar-refractivity contribution in [2.75, 3.05) is 12.4 Å². The molecule has 2 aromatic carbocycles. The fraction of sp³-hybridized carbons (Fsp3) is 0.222. The lowest BCUT2D eigenvalue weighted by Crippen LogP contribution is -2.25. The monoisotopic (exact) mass is 407 g/mol. The normalized spacial score (nSPS) is 13.9. The highest BCUT2D eigenvalue weighted by Gasteiger charge is 2.24. The molecule has 0 spiro atoms. The zero-order valence-corrected chi connectivity index (χ0v) is 16.0. The van der Waals surface area contributed by atoms with Crippen LogP contribution in [0.1, 0.15) is 33.6 Å². The Hall–Kier alpha value is -2.42. The maximum absolute atomic E-state index is 12.5. The molecule has 1 aliphatic rings. The summed E-state index contributed by atoms with van der Waals surface area (Å²) in [6, 6.07) is 10.7. The van der Waals surface area contributed by atoms with Crippen LogP contribution in [0.25, 0.3) is 0 Å². The summed E-state index contributed by atoms with van der Waals surface area (Å²) in [5.74, 6) is -0.707. The molecule has 27 heavy (non-hydrogen) atoms. The number of nitrogens with one attached hydrogen (secondary N) is 3. The Morgan fingerprint density at radius 3 is 2.41 bits per heavy atom. The quantitative estimate of drug-likeness (QED) is 0.683. The summed E-state index contributed by atoms with van der Waals surface area (Å²) in [6.07, 6.45) is 1.97. The van der Waals surface area contributed by atoms with Crippen molar-refractivity contribution in [1.82, 2.24) is 10.0 Å². The molecule has 0 heterocycles. The van der Waals surface area contributed by atoms with Gasteiger partial charge in [0.25, 0.3) is 11.8 Å². The first kappa shape index (κ1) is 19.3. The minimum atomic E-state index is -3.80. The van der Waals surface area contributed by atoms with Crippen LogP contribution >= 0.6 is 11.6 Å². The van der Waals surface area contributed by atoms with Crippen LogP contribution in [0.2, 0.25) is 5.02 Å². The second-order valence-corrected chi connectivity index (χ2v) is 8.40. The lowest BCUT2D eigenvalue weighted by Gasteiger charge is -2.10. The topological polar surface area (TPSA) is 104 Å². The van der Waals surface area contributed by atoms with E-state index in [1.54, 1.807) is 24.3 Å². The molecule has 0 radical (unpaired) electrons. The molecule has 1 fully saturated rings. The molecule has 3 rings (SSSR count). The van der Waals surface area contributed by atoms with Crippen molar-refractivity contribution in [2.45, 2.75) is 23.8 Å². The smallest absolute Gasteiger partial charge is 0.255 e. The second-order valence-electron chi connectivity index (χ2n) is 6.14. The standard InChI is InChI=1S/C18H18ClN3O4S/c1-20-27(25,26)16-10-12(5-8-15(16)19)18(24)22-14-4-2-3-11(9-14)17(23)21-13-6-7-13/h2-5,8-10,13,20H,6-7H2,1H3,(H,21,23)(H,22,24). The predicted molar refractivity (Wildman–Crippen MR) is 103 cm³/mol. The Balaban J connectivity index is 1.79. The first-order chi connectivity index (χ1) is 12.8. The van der Waals surface area contributed by atoms with Gasteiger partial charge in [0.05, 0.1) is 5.02 Å². The van der Waals surface area contributed by atoms with Crippen LogP contribution in [0.3, 0.4) is 0 Å². The number of anilines is 1. The second kappa shape index (κ2) is 7.67. The van der Waals surface area contributed by atoms with Crippen molar-refractivity contribution < 1.29 is 18.0 Å². The number of carbonyl (C=O) groups excluding carboxylic acids is 2. The van der Waals surface area contributed by atoms with E-state index >= 15 is 0 Å². The number of benzene rings is 2. The van der Waals surface area contributed by atoms with E-state index in [-0.39, 0.29) is 27.4 Å². The minimum absolute atomic E-state index is 0.0136. The molecule has 0 bridgehead atoms. The van der Waals surface area contributed by atoms with Gasteiger partial charge in [0.1, 0.15) is 4.90 Å². The molecule has 142 valence electrons. The highest BCUT2D eigenvalue weighted by Crippen LogP contribution is 2.23. The summed E-state index contributed by atoms with van der Waals surface area (Å²) < 4.78 is 26.2. The van der Waals surface area contributed by atoms with Crippen molar-refractivity contribution in [3.05, 3.63) is 58.6 Å². The maximum atomic E-state index is 12.5. The number of amides is 2. The van der Waals surface area contributed by atoms with Gasteiger partial charge in [-0.15, -0.1) is 0 Å². The van der Waals surface area contributed by atoms with Crippen molar-refractivity contribution in [1.29, 1.82) is 0 Å². The molecule has 1 aliphatic carbocycles. The van der Waals surface area contributed by atoms with Gasteiger partial charge in [-0.2, -0.15) is 0 Å². The molecule has 0 aromatic heterocycles. The number of carbonyl (C=O) groups is 2. The molecular weight excluding hydrogens is 390 g/mol. The van der Waals surface area contributed by atoms with Crippen LogP contribution in [0.5, 0.6) is 0 Å². The number of hydrogen-bond acceptors (Lipinski definition) is 4. The SMILES string of the molecule is CNS(=O)(=O)c1cc(C(=O)Nc2cccc(C(=O)NC3CC3)c2)ccc1Cl. The number of halogens is 1. The highest BCUT2D eigenvalue weighted by atomic mass is 35.5. The van der Waals surface area contributed by atoms with Gasteiger partial charge in [0.15, 0.2) is 0 Å². The lowest BCUT2D eigenvalue weighted by molar-refractivity contribution is 0.0949. The lowest BCUT2D eigenvalue weighted by atomic mass is 10.1. The number of hydrogen-bond donors (Lipinski definition) is 3. The van der Waals surface area contributed by atoms with Crippen molar-refractivity contribution in [3.8, 4) is 0 Å². The molecule has 0 saturated heterocycles. The molecule has 0 unspecified atom stereocenters. The summed E-state index contributed by atoms with van der Waals surface area (Å²) in [7, 11) is -2.54. The molecule has 0 atom stereocenters. The third-order valence-corrected chi connectivity index (χ3v) is 5.94.